The van der Waals surface area contributed by atoms with Gasteiger partial charge in [-0.15, -0.1) is 0 Å². The summed E-state index contributed by atoms with van der Waals surface area (Å²) in [6.07, 6.45) is 2.88. The van der Waals surface area contributed by atoms with Crippen LogP contribution in [0.4, 0.5) is 0 Å². The van der Waals surface area contributed by atoms with Crippen molar-refractivity contribution in [1.82, 2.24) is 10.3 Å². The highest BCUT2D eigenvalue weighted by Gasteiger charge is 2.27. The first-order valence-electron chi connectivity index (χ1n) is 5.73. The van der Waals surface area contributed by atoms with E-state index < -0.39 is 17.1 Å². The predicted octanol–water partition coefficient (Wildman–Crippen LogP) is 0.605. The van der Waals surface area contributed by atoms with Gasteiger partial charge in [0.2, 0.25) is 0 Å². The zero-order chi connectivity index (χ0) is 13.9. The van der Waals surface area contributed by atoms with Gasteiger partial charge in [0.15, 0.2) is 0 Å². The quantitative estimate of drug-likeness (QED) is 0.752. The first-order chi connectivity index (χ1) is 9.00. The number of carbonyl (C=O) groups is 1. The minimum atomic E-state index is -1.33. The number of carbonyl (C=O) groups excluding carboxylic acids is 1. The van der Waals surface area contributed by atoms with E-state index in [2.05, 4.69) is 10.3 Å². The zero-order valence-corrected chi connectivity index (χ0v) is 10.3. The van der Waals surface area contributed by atoms with Crippen LogP contribution in [0, 0.1) is 0 Å². The molecular weight excluding hydrogens is 248 g/mol. The van der Waals surface area contributed by atoms with Crippen molar-refractivity contribution in [1.29, 1.82) is 0 Å². The molecule has 0 fully saturated rings. The van der Waals surface area contributed by atoms with E-state index in [1.54, 1.807) is 18.2 Å². The highest BCUT2D eigenvalue weighted by molar-refractivity contribution is 5.93. The highest BCUT2D eigenvalue weighted by atomic mass is 16.4. The Morgan fingerprint density at radius 2 is 2.26 bits per heavy atom. The van der Waals surface area contributed by atoms with E-state index >= 15 is 0 Å². The zero-order valence-electron chi connectivity index (χ0n) is 10.3. The number of rotatable bonds is 4. The summed E-state index contributed by atoms with van der Waals surface area (Å²) in [6.45, 7) is 1.45. The SMILES string of the molecule is CC(O)(CNC(=O)c1ccc[nH]c1=O)c1ccco1. The maximum Gasteiger partial charge on any atom is 0.260 e. The lowest BCUT2D eigenvalue weighted by molar-refractivity contribution is 0.0330. The Balaban J connectivity index is 2.05. The van der Waals surface area contributed by atoms with Gasteiger partial charge in [0, 0.05) is 6.20 Å². The highest BCUT2D eigenvalue weighted by Crippen LogP contribution is 2.19. The number of aromatic amines is 1. The molecule has 0 saturated carbocycles. The lowest BCUT2D eigenvalue weighted by atomic mass is 10.0. The van der Waals surface area contributed by atoms with Crippen LogP contribution in [-0.4, -0.2) is 22.5 Å². The predicted molar refractivity (Wildman–Crippen MR) is 67.7 cm³/mol. The first kappa shape index (κ1) is 13.1. The van der Waals surface area contributed by atoms with Crippen LogP contribution in [-0.2, 0) is 5.60 Å². The van der Waals surface area contributed by atoms with Crippen molar-refractivity contribution in [2.45, 2.75) is 12.5 Å². The lowest BCUT2D eigenvalue weighted by Gasteiger charge is -2.20. The molecule has 2 aromatic rings. The average Bonchev–Trinajstić information content (AvgIpc) is 2.91. The molecule has 2 rings (SSSR count). The molecule has 6 nitrogen and oxygen atoms in total. The Morgan fingerprint density at radius 1 is 1.47 bits per heavy atom. The molecule has 3 N–H and O–H groups in total. The molecule has 0 spiro atoms. The molecular formula is C13H14N2O4. The van der Waals surface area contributed by atoms with Crippen LogP contribution in [0.5, 0.6) is 0 Å². The first-order valence-corrected chi connectivity index (χ1v) is 5.73. The van der Waals surface area contributed by atoms with Crippen LogP contribution in [0.2, 0.25) is 0 Å². The van der Waals surface area contributed by atoms with Gasteiger partial charge >= 0.3 is 0 Å². The third-order valence-electron chi connectivity index (χ3n) is 2.71. The van der Waals surface area contributed by atoms with E-state index in [9.17, 15) is 14.7 Å². The van der Waals surface area contributed by atoms with E-state index in [0.29, 0.717) is 5.76 Å². The number of amides is 1. The van der Waals surface area contributed by atoms with Crippen molar-refractivity contribution < 1.29 is 14.3 Å². The van der Waals surface area contributed by atoms with Crippen LogP contribution in [0.25, 0.3) is 0 Å². The molecule has 2 heterocycles. The van der Waals surface area contributed by atoms with Gasteiger partial charge in [0.05, 0.1) is 12.8 Å². The molecule has 100 valence electrons. The van der Waals surface area contributed by atoms with Gasteiger partial charge in [-0.05, 0) is 31.2 Å². The van der Waals surface area contributed by atoms with E-state index in [0.717, 1.165) is 0 Å². The molecule has 0 aromatic carbocycles. The second kappa shape index (κ2) is 5.11. The lowest BCUT2D eigenvalue weighted by Crippen LogP contribution is -2.40. The molecule has 1 amide bonds. The summed E-state index contributed by atoms with van der Waals surface area (Å²) in [7, 11) is 0. The minimum absolute atomic E-state index is 0.00209. The summed E-state index contributed by atoms with van der Waals surface area (Å²) < 4.78 is 5.09. The van der Waals surface area contributed by atoms with Gasteiger partial charge in [0.25, 0.3) is 11.5 Å². The summed E-state index contributed by atoms with van der Waals surface area (Å²) in [5.41, 5.74) is -1.81. The normalized spacial score (nSPS) is 13.8. The standard InChI is InChI=1S/C13H14N2O4/c1-13(18,10-5-3-7-19-10)8-15-12(17)9-4-2-6-14-11(9)16/h2-7,18H,8H2,1H3,(H,14,16)(H,15,17). The third-order valence-corrected chi connectivity index (χ3v) is 2.71. The molecule has 0 aliphatic carbocycles. The monoisotopic (exact) mass is 262 g/mol. The van der Waals surface area contributed by atoms with Gasteiger partial charge in [-0.3, -0.25) is 9.59 Å². The Bertz CT molecular complexity index is 614. The minimum Gasteiger partial charge on any atom is -0.466 e. The summed E-state index contributed by atoms with van der Waals surface area (Å²) >= 11 is 0. The molecule has 0 aliphatic heterocycles. The average molecular weight is 262 g/mol. The fraction of sp³-hybridized carbons (Fsp3) is 0.231. The van der Waals surface area contributed by atoms with E-state index in [4.69, 9.17) is 4.42 Å². The summed E-state index contributed by atoms with van der Waals surface area (Å²) in [5.74, 6) is -0.205. The van der Waals surface area contributed by atoms with Gasteiger partial charge in [-0.1, -0.05) is 0 Å². The Morgan fingerprint density at radius 3 is 2.89 bits per heavy atom. The summed E-state index contributed by atoms with van der Waals surface area (Å²) in [4.78, 5) is 25.6. The molecule has 0 saturated heterocycles. The Hall–Kier alpha value is -2.34. The fourth-order valence-corrected chi connectivity index (χ4v) is 1.62. The van der Waals surface area contributed by atoms with Crippen molar-refractivity contribution >= 4 is 5.91 Å². The number of aliphatic hydroxyl groups is 1. The Labute approximate surface area is 109 Å². The fourth-order valence-electron chi connectivity index (χ4n) is 1.62. The van der Waals surface area contributed by atoms with Crippen molar-refractivity contribution in [2.75, 3.05) is 6.54 Å². The van der Waals surface area contributed by atoms with Crippen LogP contribution < -0.4 is 10.9 Å². The molecule has 0 bridgehead atoms. The van der Waals surface area contributed by atoms with Crippen molar-refractivity contribution in [3.05, 3.63) is 58.4 Å². The molecule has 0 aliphatic rings. The number of hydrogen-bond donors (Lipinski definition) is 3. The van der Waals surface area contributed by atoms with Crippen LogP contribution in [0.1, 0.15) is 23.0 Å². The van der Waals surface area contributed by atoms with Crippen molar-refractivity contribution in [3.63, 3.8) is 0 Å². The van der Waals surface area contributed by atoms with Gasteiger partial charge in [-0.25, -0.2) is 0 Å². The van der Waals surface area contributed by atoms with E-state index in [-0.39, 0.29) is 12.1 Å². The second-order valence-electron chi connectivity index (χ2n) is 4.35. The number of nitrogens with one attached hydrogen (secondary N) is 2. The van der Waals surface area contributed by atoms with Crippen molar-refractivity contribution in [3.8, 4) is 0 Å². The molecule has 1 unspecified atom stereocenters. The summed E-state index contributed by atoms with van der Waals surface area (Å²) in [6, 6.07) is 6.23. The number of H-pyrrole nitrogens is 1. The van der Waals surface area contributed by atoms with Gasteiger partial charge < -0.3 is 19.8 Å². The second-order valence-corrected chi connectivity index (χ2v) is 4.35. The maximum absolute atomic E-state index is 11.8. The molecule has 6 heteroatoms. The smallest absolute Gasteiger partial charge is 0.260 e. The largest absolute Gasteiger partial charge is 0.466 e. The van der Waals surface area contributed by atoms with Gasteiger partial charge in [0.1, 0.15) is 16.9 Å². The van der Waals surface area contributed by atoms with E-state index in [1.165, 1.54) is 25.5 Å². The number of hydrogen-bond acceptors (Lipinski definition) is 4. The van der Waals surface area contributed by atoms with Crippen molar-refractivity contribution in [2.24, 2.45) is 0 Å². The molecule has 2 aromatic heterocycles. The number of aromatic nitrogens is 1. The summed E-state index contributed by atoms with van der Waals surface area (Å²) in [5, 5.41) is 12.6. The topological polar surface area (TPSA) is 95.3 Å². The van der Waals surface area contributed by atoms with E-state index in [1.807, 2.05) is 0 Å². The number of furan rings is 1. The molecule has 1 atom stereocenters. The maximum atomic E-state index is 11.8. The van der Waals surface area contributed by atoms with Crippen LogP contribution in [0.15, 0.2) is 45.9 Å². The third kappa shape index (κ3) is 2.92. The van der Waals surface area contributed by atoms with Crippen LogP contribution in [0.3, 0.4) is 0 Å². The number of pyridine rings is 1. The Kier molecular flexibility index (Phi) is 3.52. The molecule has 0 radical (unpaired) electrons. The van der Waals surface area contributed by atoms with Crippen LogP contribution >= 0.6 is 0 Å². The molecule has 19 heavy (non-hydrogen) atoms. The van der Waals surface area contributed by atoms with Gasteiger partial charge in [-0.2, -0.15) is 0 Å².